The van der Waals surface area contributed by atoms with Gasteiger partial charge in [-0.15, -0.1) is 11.3 Å². The average molecular weight is 379 g/mol. The minimum atomic E-state index is 0.489. The van der Waals surface area contributed by atoms with E-state index in [1.807, 2.05) is 17.4 Å². The van der Waals surface area contributed by atoms with E-state index >= 15 is 0 Å². The summed E-state index contributed by atoms with van der Waals surface area (Å²) < 4.78 is 0. The van der Waals surface area contributed by atoms with Gasteiger partial charge in [-0.25, -0.2) is 9.97 Å². The van der Waals surface area contributed by atoms with E-state index in [4.69, 9.17) is 10.7 Å². The van der Waals surface area contributed by atoms with Gasteiger partial charge in [0.2, 0.25) is 0 Å². The summed E-state index contributed by atoms with van der Waals surface area (Å²) in [4.78, 5) is 15.8. The van der Waals surface area contributed by atoms with E-state index in [2.05, 4.69) is 42.0 Å². The van der Waals surface area contributed by atoms with Crippen LogP contribution in [0, 0.1) is 11.8 Å². The molecule has 27 heavy (non-hydrogen) atoms. The molecule has 3 aromatic heterocycles. The molecule has 3 heterocycles. The summed E-state index contributed by atoms with van der Waals surface area (Å²) in [6.07, 6.45) is 7.62. The second-order valence-corrected chi connectivity index (χ2v) is 8.75. The maximum absolute atomic E-state index is 5.93. The third kappa shape index (κ3) is 3.48. The van der Waals surface area contributed by atoms with Gasteiger partial charge in [-0.3, -0.25) is 4.99 Å². The van der Waals surface area contributed by atoms with Gasteiger partial charge in [0.1, 0.15) is 10.6 Å². The number of nitrogen functional groups attached to an aromatic ring is 1. The molecule has 0 bridgehead atoms. The van der Waals surface area contributed by atoms with E-state index in [0.29, 0.717) is 11.7 Å². The number of hydrogen-bond acceptors (Lipinski definition) is 5. The van der Waals surface area contributed by atoms with Crippen molar-refractivity contribution in [1.29, 1.82) is 0 Å². The Labute approximate surface area is 164 Å². The highest BCUT2D eigenvalue weighted by Gasteiger charge is 2.30. The molecule has 4 rings (SSSR count). The molecule has 3 atom stereocenters. The van der Waals surface area contributed by atoms with Crippen LogP contribution in [0.1, 0.15) is 49.5 Å². The first kappa shape index (κ1) is 18.1. The first-order valence-electron chi connectivity index (χ1n) is 9.65. The summed E-state index contributed by atoms with van der Waals surface area (Å²) in [5.74, 6) is 2.72. The van der Waals surface area contributed by atoms with Gasteiger partial charge in [0.15, 0.2) is 0 Å². The summed E-state index contributed by atoms with van der Waals surface area (Å²) >= 11 is 1.84. The molecule has 2 N–H and O–H groups in total. The zero-order chi connectivity index (χ0) is 19.0. The second kappa shape index (κ2) is 7.39. The minimum Gasteiger partial charge on any atom is -0.383 e. The van der Waals surface area contributed by atoms with Crippen molar-refractivity contribution in [2.45, 2.75) is 39.0 Å². The maximum Gasteiger partial charge on any atom is 0.132 e. The number of fused-ring (bicyclic) bond motifs is 1. The zero-order valence-electron chi connectivity index (χ0n) is 16.1. The Kier molecular flexibility index (Phi) is 4.96. The van der Waals surface area contributed by atoms with Gasteiger partial charge in [-0.05, 0) is 48.4 Å². The van der Waals surface area contributed by atoms with Crippen LogP contribution < -0.4 is 5.73 Å². The Morgan fingerprint density at radius 3 is 2.89 bits per heavy atom. The number of nitrogens with two attached hydrogens (primary N) is 1. The third-order valence-corrected chi connectivity index (χ3v) is 7.18. The third-order valence-electron chi connectivity index (χ3n) is 5.93. The summed E-state index contributed by atoms with van der Waals surface area (Å²) in [6, 6.07) is 8.58. The molecule has 1 aliphatic carbocycles. The Morgan fingerprint density at radius 1 is 1.30 bits per heavy atom. The lowest BCUT2D eigenvalue weighted by Gasteiger charge is -2.22. The molecule has 1 saturated carbocycles. The van der Waals surface area contributed by atoms with Crippen LogP contribution in [0.3, 0.4) is 0 Å². The molecule has 0 amide bonds. The molecule has 0 aliphatic heterocycles. The van der Waals surface area contributed by atoms with Crippen LogP contribution in [-0.2, 0) is 0 Å². The van der Waals surface area contributed by atoms with Crippen molar-refractivity contribution in [2.75, 3.05) is 12.8 Å². The fourth-order valence-corrected chi connectivity index (χ4v) is 5.48. The van der Waals surface area contributed by atoms with Gasteiger partial charge >= 0.3 is 0 Å². The van der Waals surface area contributed by atoms with E-state index in [1.165, 1.54) is 29.5 Å². The van der Waals surface area contributed by atoms with Crippen LogP contribution in [0.25, 0.3) is 21.5 Å². The van der Waals surface area contributed by atoms with Gasteiger partial charge in [0.05, 0.1) is 5.69 Å². The molecule has 0 spiro atoms. The maximum atomic E-state index is 5.93. The molecule has 0 radical (unpaired) electrons. The van der Waals surface area contributed by atoms with Crippen LogP contribution in [0.15, 0.2) is 35.5 Å². The van der Waals surface area contributed by atoms with E-state index in [9.17, 15) is 0 Å². The standard InChI is InChI=1S/C22H26N4S/c1-13-5-4-6-18(13)14(2)20-10-15-7-8-19(26-22(15)27-20)16-9-17(11-24-3)21(23)25-12-16/h7-14,18H,4-6H2,1-3H3,(H2,23,25). The number of aromatic nitrogens is 2. The zero-order valence-corrected chi connectivity index (χ0v) is 17.0. The molecular weight excluding hydrogens is 352 g/mol. The fraction of sp³-hybridized carbons (Fsp3) is 0.409. The Morgan fingerprint density at radius 2 is 2.15 bits per heavy atom. The molecule has 1 aliphatic rings. The normalized spacial score (nSPS) is 21.3. The average Bonchev–Trinajstić information content (AvgIpc) is 3.28. The van der Waals surface area contributed by atoms with E-state index in [1.54, 1.807) is 19.5 Å². The molecule has 5 heteroatoms. The number of aliphatic imine (C=N–C) groups is 1. The topological polar surface area (TPSA) is 64.2 Å². The molecule has 140 valence electrons. The quantitative estimate of drug-likeness (QED) is 0.607. The number of nitrogens with zero attached hydrogens (tertiary/aromatic N) is 3. The van der Waals surface area contributed by atoms with Crippen LogP contribution in [0.4, 0.5) is 5.82 Å². The smallest absolute Gasteiger partial charge is 0.132 e. The molecule has 0 saturated heterocycles. The number of rotatable bonds is 4. The van der Waals surface area contributed by atoms with Gasteiger partial charge < -0.3 is 5.73 Å². The highest BCUT2D eigenvalue weighted by molar-refractivity contribution is 7.18. The van der Waals surface area contributed by atoms with Crippen LogP contribution in [0.2, 0.25) is 0 Å². The highest BCUT2D eigenvalue weighted by Crippen LogP contribution is 2.44. The molecular formula is C22H26N4S. The lowest BCUT2D eigenvalue weighted by molar-refractivity contribution is 0.365. The van der Waals surface area contributed by atoms with Crippen molar-refractivity contribution in [1.82, 2.24) is 9.97 Å². The van der Waals surface area contributed by atoms with Gasteiger partial charge in [-0.1, -0.05) is 26.7 Å². The summed E-state index contributed by atoms with van der Waals surface area (Å²) in [7, 11) is 1.73. The van der Waals surface area contributed by atoms with Gasteiger partial charge in [0.25, 0.3) is 0 Å². The van der Waals surface area contributed by atoms with Crippen molar-refractivity contribution < 1.29 is 0 Å². The Balaban J connectivity index is 1.68. The molecule has 4 nitrogen and oxygen atoms in total. The molecule has 0 aromatic carbocycles. The van der Waals surface area contributed by atoms with E-state index in [-0.39, 0.29) is 0 Å². The lowest BCUT2D eigenvalue weighted by Crippen LogP contribution is -2.11. The van der Waals surface area contributed by atoms with Crippen LogP contribution in [0.5, 0.6) is 0 Å². The van der Waals surface area contributed by atoms with Crippen molar-refractivity contribution >= 4 is 33.6 Å². The first-order chi connectivity index (χ1) is 13.1. The Hall–Kier alpha value is -2.27. The fourth-order valence-electron chi connectivity index (χ4n) is 4.33. The first-order valence-corrected chi connectivity index (χ1v) is 10.5. The predicted octanol–water partition coefficient (Wildman–Crippen LogP) is 5.53. The minimum absolute atomic E-state index is 0.489. The van der Waals surface area contributed by atoms with E-state index < -0.39 is 0 Å². The number of hydrogen-bond donors (Lipinski definition) is 1. The van der Waals surface area contributed by atoms with Crippen LogP contribution >= 0.6 is 11.3 Å². The van der Waals surface area contributed by atoms with Crippen molar-refractivity contribution in [3.05, 3.63) is 40.9 Å². The van der Waals surface area contributed by atoms with Crippen molar-refractivity contribution in [2.24, 2.45) is 16.8 Å². The predicted molar refractivity (Wildman–Crippen MR) is 116 cm³/mol. The highest BCUT2D eigenvalue weighted by atomic mass is 32.1. The summed E-state index contributed by atoms with van der Waals surface area (Å²) in [6.45, 7) is 4.79. The van der Waals surface area contributed by atoms with Gasteiger partial charge in [0, 0.05) is 40.8 Å². The van der Waals surface area contributed by atoms with Crippen molar-refractivity contribution in [3.8, 4) is 11.3 Å². The molecule has 3 aromatic rings. The van der Waals surface area contributed by atoms with Gasteiger partial charge in [-0.2, -0.15) is 0 Å². The van der Waals surface area contributed by atoms with E-state index in [0.717, 1.165) is 33.5 Å². The Bertz CT molecular complexity index is 991. The van der Waals surface area contributed by atoms with Crippen LogP contribution in [-0.4, -0.2) is 23.2 Å². The summed E-state index contributed by atoms with van der Waals surface area (Å²) in [5.41, 5.74) is 8.65. The number of pyridine rings is 2. The summed E-state index contributed by atoms with van der Waals surface area (Å²) in [5, 5.41) is 1.23. The lowest BCUT2D eigenvalue weighted by atomic mass is 9.85. The second-order valence-electron chi connectivity index (χ2n) is 7.69. The molecule has 1 fully saturated rings. The largest absolute Gasteiger partial charge is 0.383 e. The van der Waals surface area contributed by atoms with Crippen molar-refractivity contribution in [3.63, 3.8) is 0 Å². The monoisotopic (exact) mass is 378 g/mol. The SMILES string of the molecule is CN=Cc1cc(-c2ccc3cc(C(C)C4CCCC4C)sc3n2)cnc1N. The number of anilines is 1. The molecule has 3 unspecified atom stereocenters. The number of thiophene rings is 1.